The van der Waals surface area contributed by atoms with Crippen molar-refractivity contribution in [2.24, 2.45) is 0 Å². The number of nitrogens with zero attached hydrogens (tertiary/aromatic N) is 2. The molecule has 4 rings (SSSR count). The van der Waals surface area contributed by atoms with Crippen molar-refractivity contribution in [2.45, 2.75) is 56.1 Å². The summed E-state index contributed by atoms with van der Waals surface area (Å²) in [6.45, 7) is 1.29. The van der Waals surface area contributed by atoms with Gasteiger partial charge in [-0.2, -0.15) is 0 Å². The van der Waals surface area contributed by atoms with E-state index in [1.807, 2.05) is 30.3 Å². The van der Waals surface area contributed by atoms with Gasteiger partial charge in [0.2, 0.25) is 11.8 Å². The maximum atomic E-state index is 14.1. The van der Waals surface area contributed by atoms with Crippen molar-refractivity contribution in [1.82, 2.24) is 10.2 Å². The Balaban J connectivity index is 1.71. The Labute approximate surface area is 242 Å². The molecule has 10 heteroatoms. The van der Waals surface area contributed by atoms with Crippen LogP contribution in [0.5, 0.6) is 11.5 Å². The smallest absolute Gasteiger partial charge is 0.264 e. The standard InChI is InChI=1S/C31H37N3O6S/c1-23(31(36)32-25-14-10-11-15-25)33(21-24-12-6-4-7-13-24)30(35)22-34(41(37,38)27-16-8-5-9-17-27)26-18-19-28(39-2)29(20-26)40-3/h4-9,12-13,16-20,23,25H,10-11,14-15,21-22H2,1-3H3,(H,32,36)/t23-/m0/s1. The number of sulfonamides is 1. The maximum absolute atomic E-state index is 14.1. The van der Waals surface area contributed by atoms with Gasteiger partial charge in [-0.3, -0.25) is 13.9 Å². The number of anilines is 1. The molecule has 0 aliphatic heterocycles. The maximum Gasteiger partial charge on any atom is 0.264 e. The summed E-state index contributed by atoms with van der Waals surface area (Å²) in [5.74, 6) is -0.0410. The third kappa shape index (κ3) is 7.18. The lowest BCUT2D eigenvalue weighted by molar-refractivity contribution is -0.139. The van der Waals surface area contributed by atoms with Crippen LogP contribution in [-0.4, -0.2) is 58.0 Å². The van der Waals surface area contributed by atoms with Gasteiger partial charge in [0, 0.05) is 18.7 Å². The van der Waals surface area contributed by atoms with E-state index in [0.29, 0.717) is 11.5 Å². The molecule has 2 amide bonds. The van der Waals surface area contributed by atoms with E-state index >= 15 is 0 Å². The SMILES string of the molecule is COc1ccc(N(CC(=O)N(Cc2ccccc2)[C@@H](C)C(=O)NC2CCCC2)S(=O)(=O)c2ccccc2)cc1OC. The van der Waals surface area contributed by atoms with Crippen LogP contribution in [0.15, 0.2) is 83.8 Å². The van der Waals surface area contributed by atoms with Crippen LogP contribution in [0, 0.1) is 0 Å². The second kappa shape index (κ2) is 13.5. The molecule has 0 unspecified atom stereocenters. The van der Waals surface area contributed by atoms with E-state index in [0.717, 1.165) is 35.6 Å². The van der Waals surface area contributed by atoms with Crippen LogP contribution in [0.4, 0.5) is 5.69 Å². The minimum Gasteiger partial charge on any atom is -0.493 e. The minimum atomic E-state index is -4.18. The minimum absolute atomic E-state index is 0.0317. The van der Waals surface area contributed by atoms with E-state index < -0.39 is 28.5 Å². The number of methoxy groups -OCH3 is 2. The van der Waals surface area contributed by atoms with Gasteiger partial charge in [-0.15, -0.1) is 0 Å². The molecular weight excluding hydrogens is 542 g/mol. The molecule has 3 aromatic rings. The average Bonchev–Trinajstić information content (AvgIpc) is 3.51. The monoisotopic (exact) mass is 579 g/mol. The fourth-order valence-electron chi connectivity index (χ4n) is 4.98. The van der Waals surface area contributed by atoms with Crippen molar-refractivity contribution in [1.29, 1.82) is 0 Å². The van der Waals surface area contributed by atoms with Crippen LogP contribution in [-0.2, 0) is 26.2 Å². The van der Waals surface area contributed by atoms with E-state index in [1.54, 1.807) is 37.3 Å². The third-order valence-electron chi connectivity index (χ3n) is 7.33. The summed E-state index contributed by atoms with van der Waals surface area (Å²) < 4.78 is 39.7. The first-order valence-electron chi connectivity index (χ1n) is 13.7. The van der Waals surface area contributed by atoms with E-state index in [4.69, 9.17) is 9.47 Å². The zero-order chi connectivity index (χ0) is 29.4. The number of hydrogen-bond acceptors (Lipinski definition) is 6. The molecular formula is C31H37N3O6S. The summed E-state index contributed by atoms with van der Waals surface area (Å²) in [5, 5.41) is 3.07. The number of nitrogens with one attached hydrogen (secondary N) is 1. The molecule has 41 heavy (non-hydrogen) atoms. The Bertz CT molecular complexity index is 1430. The largest absolute Gasteiger partial charge is 0.493 e. The molecule has 1 aliphatic carbocycles. The van der Waals surface area contributed by atoms with E-state index in [1.165, 1.54) is 37.3 Å². The molecule has 1 atom stereocenters. The van der Waals surface area contributed by atoms with Crippen LogP contribution < -0.4 is 19.1 Å². The molecule has 0 radical (unpaired) electrons. The first-order chi connectivity index (χ1) is 19.7. The van der Waals surface area contributed by atoms with Gasteiger partial charge in [0.1, 0.15) is 12.6 Å². The number of rotatable bonds is 12. The van der Waals surface area contributed by atoms with Crippen molar-refractivity contribution < 1.29 is 27.5 Å². The Morgan fingerprint density at radius 3 is 2.12 bits per heavy atom. The van der Waals surface area contributed by atoms with E-state index in [9.17, 15) is 18.0 Å². The van der Waals surface area contributed by atoms with Crippen molar-refractivity contribution >= 4 is 27.5 Å². The van der Waals surface area contributed by atoms with Gasteiger partial charge >= 0.3 is 0 Å². The third-order valence-corrected chi connectivity index (χ3v) is 9.12. The number of ether oxygens (including phenoxy) is 2. The number of benzene rings is 3. The Kier molecular flexibility index (Phi) is 9.88. The van der Waals surface area contributed by atoms with E-state index in [-0.39, 0.29) is 29.1 Å². The first kappa shape index (κ1) is 29.9. The number of amides is 2. The topological polar surface area (TPSA) is 105 Å². The van der Waals surface area contributed by atoms with Gasteiger partial charge in [0.25, 0.3) is 10.0 Å². The molecule has 0 saturated heterocycles. The molecule has 1 aliphatic rings. The second-order valence-corrected chi connectivity index (χ2v) is 11.9. The zero-order valence-electron chi connectivity index (χ0n) is 23.7. The van der Waals surface area contributed by atoms with Crippen molar-refractivity contribution in [3.63, 3.8) is 0 Å². The molecule has 0 bridgehead atoms. The highest BCUT2D eigenvalue weighted by Crippen LogP contribution is 2.34. The lowest BCUT2D eigenvalue weighted by Crippen LogP contribution is -2.52. The number of hydrogen-bond donors (Lipinski definition) is 1. The second-order valence-electron chi connectivity index (χ2n) is 10.0. The number of carbonyl (C=O) groups excluding carboxylic acids is 2. The normalized spacial score (nSPS) is 14.2. The summed E-state index contributed by atoms with van der Waals surface area (Å²) in [4.78, 5) is 28.8. The Hall–Kier alpha value is -4.05. The molecule has 0 aromatic heterocycles. The molecule has 218 valence electrons. The number of carbonyl (C=O) groups is 2. The highest BCUT2D eigenvalue weighted by molar-refractivity contribution is 7.92. The van der Waals surface area contributed by atoms with Crippen LogP contribution in [0.25, 0.3) is 0 Å². The van der Waals surface area contributed by atoms with Gasteiger partial charge in [0.05, 0.1) is 24.8 Å². The quantitative estimate of drug-likeness (QED) is 0.342. The average molecular weight is 580 g/mol. The predicted molar refractivity (Wildman–Crippen MR) is 157 cm³/mol. The highest BCUT2D eigenvalue weighted by atomic mass is 32.2. The van der Waals surface area contributed by atoms with Crippen LogP contribution >= 0.6 is 0 Å². The molecule has 0 spiro atoms. The summed E-state index contributed by atoms with van der Waals surface area (Å²) in [5.41, 5.74) is 1.05. The fourth-order valence-corrected chi connectivity index (χ4v) is 6.41. The van der Waals surface area contributed by atoms with Crippen molar-refractivity contribution in [3.8, 4) is 11.5 Å². The summed E-state index contributed by atoms with van der Waals surface area (Å²) in [6, 6.07) is 21.2. The van der Waals surface area contributed by atoms with Crippen LogP contribution in [0.2, 0.25) is 0 Å². The highest BCUT2D eigenvalue weighted by Gasteiger charge is 2.33. The predicted octanol–water partition coefficient (Wildman–Crippen LogP) is 4.38. The van der Waals surface area contributed by atoms with Crippen molar-refractivity contribution in [2.75, 3.05) is 25.1 Å². The lowest BCUT2D eigenvalue weighted by Gasteiger charge is -2.32. The lowest BCUT2D eigenvalue weighted by atomic mass is 10.1. The summed E-state index contributed by atoms with van der Waals surface area (Å²) in [6.07, 6.45) is 3.94. The van der Waals surface area contributed by atoms with Crippen molar-refractivity contribution in [3.05, 3.63) is 84.4 Å². The van der Waals surface area contributed by atoms with Crippen LogP contribution in [0.1, 0.15) is 38.2 Å². The summed E-state index contributed by atoms with van der Waals surface area (Å²) in [7, 11) is -1.24. The Morgan fingerprint density at radius 1 is 0.902 bits per heavy atom. The van der Waals surface area contributed by atoms with Crippen LogP contribution in [0.3, 0.4) is 0 Å². The van der Waals surface area contributed by atoms with Gasteiger partial charge < -0.3 is 19.7 Å². The zero-order valence-corrected chi connectivity index (χ0v) is 24.5. The summed E-state index contributed by atoms with van der Waals surface area (Å²) >= 11 is 0. The molecule has 3 aromatic carbocycles. The van der Waals surface area contributed by atoms with Gasteiger partial charge in [-0.1, -0.05) is 61.4 Å². The Morgan fingerprint density at radius 2 is 1.51 bits per heavy atom. The molecule has 9 nitrogen and oxygen atoms in total. The molecule has 0 heterocycles. The van der Waals surface area contributed by atoms with Gasteiger partial charge in [0.15, 0.2) is 11.5 Å². The van der Waals surface area contributed by atoms with Gasteiger partial charge in [-0.25, -0.2) is 8.42 Å². The first-order valence-corrected chi connectivity index (χ1v) is 15.1. The molecule has 1 N–H and O–H groups in total. The van der Waals surface area contributed by atoms with E-state index in [2.05, 4.69) is 5.32 Å². The van der Waals surface area contributed by atoms with Gasteiger partial charge in [-0.05, 0) is 49.6 Å². The molecule has 1 fully saturated rings. The fraction of sp³-hybridized carbons (Fsp3) is 0.355. The molecule has 1 saturated carbocycles.